The van der Waals surface area contributed by atoms with Gasteiger partial charge in [-0.15, -0.1) is 0 Å². The summed E-state index contributed by atoms with van der Waals surface area (Å²) in [7, 11) is 0. The minimum Gasteiger partial charge on any atom is -0.368 e. The van der Waals surface area contributed by atoms with Crippen LogP contribution in [-0.4, -0.2) is 10.9 Å². The van der Waals surface area contributed by atoms with Crippen LogP contribution in [0.25, 0.3) is 0 Å². The molecule has 1 unspecified atom stereocenters. The van der Waals surface area contributed by atoms with Crippen LogP contribution >= 0.6 is 57.8 Å². The second-order valence-electron chi connectivity index (χ2n) is 4.63. The van der Waals surface area contributed by atoms with E-state index in [-0.39, 0.29) is 0 Å². The molecule has 2 rings (SSSR count). The highest BCUT2D eigenvalue weighted by molar-refractivity contribution is 14.1. The lowest BCUT2D eigenvalue weighted by Gasteiger charge is -2.17. The Morgan fingerprint density at radius 2 is 2.00 bits per heavy atom. The smallest absolute Gasteiger partial charge is 0.235 e. The monoisotopic (exact) mass is 481 g/mol. The minimum absolute atomic E-state index is 0.448. The molecular formula is C15H14Cl2IN3OS. The number of nitrogens with one attached hydrogen (secondary N) is 1. The standard InChI is InChI=1S/C15H14Cl2IN3OS/c1-2-9-10(16)14(21-18)20-15(11(9)17)23-12(13(19)22)8-6-4-3-5-7-8/h3-7,12H,2H2,1H3,(H2,19,22)(H,20,21). The molecule has 2 aromatic rings. The molecule has 1 aromatic carbocycles. The van der Waals surface area contributed by atoms with Crippen LogP contribution in [0.2, 0.25) is 10.0 Å². The van der Waals surface area contributed by atoms with Crippen molar-refractivity contribution >= 4 is 69.6 Å². The van der Waals surface area contributed by atoms with Gasteiger partial charge in [-0.25, -0.2) is 4.98 Å². The Balaban J connectivity index is 2.47. The van der Waals surface area contributed by atoms with Gasteiger partial charge in [0, 0.05) is 0 Å². The van der Waals surface area contributed by atoms with Gasteiger partial charge in [-0.2, -0.15) is 0 Å². The third-order valence-corrected chi connectivity index (χ3v) is 5.87. The zero-order valence-corrected chi connectivity index (χ0v) is 16.6. The number of benzene rings is 1. The van der Waals surface area contributed by atoms with Gasteiger partial charge in [-0.1, -0.05) is 72.2 Å². The number of aromatic nitrogens is 1. The van der Waals surface area contributed by atoms with Gasteiger partial charge in [-0.3, -0.25) is 4.79 Å². The first kappa shape index (κ1) is 18.6. The van der Waals surface area contributed by atoms with Crippen molar-refractivity contribution in [1.82, 2.24) is 4.98 Å². The molecule has 0 aliphatic carbocycles. The first-order valence-corrected chi connectivity index (χ1v) is 9.46. The number of halogens is 3. The van der Waals surface area contributed by atoms with E-state index in [1.54, 1.807) is 0 Å². The molecule has 0 radical (unpaired) electrons. The maximum atomic E-state index is 11.9. The van der Waals surface area contributed by atoms with Gasteiger partial charge in [0.15, 0.2) is 5.82 Å². The summed E-state index contributed by atoms with van der Waals surface area (Å²) in [5.41, 5.74) is 7.16. The first-order valence-electron chi connectivity index (χ1n) is 6.75. The Morgan fingerprint density at radius 1 is 1.35 bits per heavy atom. The fourth-order valence-corrected chi connectivity index (χ4v) is 4.37. The van der Waals surface area contributed by atoms with Gasteiger partial charge >= 0.3 is 0 Å². The highest BCUT2D eigenvalue weighted by Gasteiger charge is 2.24. The molecule has 122 valence electrons. The third-order valence-electron chi connectivity index (χ3n) is 3.17. The lowest BCUT2D eigenvalue weighted by atomic mass is 10.1. The van der Waals surface area contributed by atoms with Crippen molar-refractivity contribution in [3.63, 3.8) is 0 Å². The molecule has 1 aromatic heterocycles. The maximum Gasteiger partial charge on any atom is 0.235 e. The fraction of sp³-hybridized carbons (Fsp3) is 0.200. The van der Waals surface area contributed by atoms with Gasteiger partial charge in [0.05, 0.1) is 32.9 Å². The van der Waals surface area contributed by atoms with E-state index in [0.717, 1.165) is 11.1 Å². The van der Waals surface area contributed by atoms with E-state index in [9.17, 15) is 4.79 Å². The first-order chi connectivity index (χ1) is 11.0. The predicted molar refractivity (Wildman–Crippen MR) is 106 cm³/mol. The van der Waals surface area contributed by atoms with Crippen LogP contribution < -0.4 is 9.26 Å². The van der Waals surface area contributed by atoms with Gasteiger partial charge in [0.1, 0.15) is 10.3 Å². The van der Waals surface area contributed by atoms with E-state index in [1.807, 2.05) is 60.1 Å². The molecule has 0 fully saturated rings. The summed E-state index contributed by atoms with van der Waals surface area (Å²) in [6.07, 6.45) is 0.658. The van der Waals surface area contributed by atoms with E-state index in [4.69, 9.17) is 28.9 Å². The normalized spacial score (nSPS) is 12.0. The Bertz CT molecular complexity index is 716. The molecule has 1 atom stereocenters. The van der Waals surface area contributed by atoms with Crippen LogP contribution in [0, 0.1) is 0 Å². The molecule has 23 heavy (non-hydrogen) atoms. The predicted octanol–water partition coefficient (Wildman–Crippen LogP) is 5.03. The third kappa shape index (κ3) is 4.23. The number of pyridine rings is 1. The largest absolute Gasteiger partial charge is 0.368 e. The van der Waals surface area contributed by atoms with E-state index in [1.165, 1.54) is 11.8 Å². The average Bonchev–Trinajstić information content (AvgIpc) is 2.55. The summed E-state index contributed by atoms with van der Waals surface area (Å²) < 4.78 is 2.92. The van der Waals surface area contributed by atoms with Crippen LogP contribution in [0.3, 0.4) is 0 Å². The molecule has 0 saturated heterocycles. The van der Waals surface area contributed by atoms with Gasteiger partial charge in [0.2, 0.25) is 5.91 Å². The Kier molecular flexibility index (Phi) is 6.82. The summed E-state index contributed by atoms with van der Waals surface area (Å²) in [5.74, 6) is 0.0725. The van der Waals surface area contributed by atoms with Crippen molar-refractivity contribution in [2.75, 3.05) is 3.53 Å². The molecule has 0 aliphatic heterocycles. The number of carbonyl (C=O) groups excluding carboxylic acids is 1. The molecule has 0 aliphatic rings. The quantitative estimate of drug-likeness (QED) is 0.345. The number of hydrogen-bond acceptors (Lipinski definition) is 4. The lowest BCUT2D eigenvalue weighted by Crippen LogP contribution is -2.19. The molecule has 1 heterocycles. The second-order valence-corrected chi connectivity index (χ2v) is 7.02. The Morgan fingerprint density at radius 3 is 2.52 bits per heavy atom. The Labute approximate surface area is 163 Å². The average molecular weight is 482 g/mol. The van der Waals surface area contributed by atoms with E-state index < -0.39 is 11.2 Å². The van der Waals surface area contributed by atoms with Crippen molar-refractivity contribution < 1.29 is 4.79 Å². The van der Waals surface area contributed by atoms with E-state index in [2.05, 4.69) is 8.51 Å². The molecular weight excluding hydrogens is 468 g/mol. The molecule has 1 amide bonds. The number of rotatable bonds is 6. The van der Waals surface area contributed by atoms with Crippen LogP contribution in [0.1, 0.15) is 23.3 Å². The molecule has 8 heteroatoms. The van der Waals surface area contributed by atoms with Crippen molar-refractivity contribution in [2.24, 2.45) is 5.73 Å². The maximum absolute atomic E-state index is 11.9. The molecule has 0 spiro atoms. The summed E-state index contributed by atoms with van der Waals surface area (Å²) in [4.78, 5) is 16.3. The summed E-state index contributed by atoms with van der Waals surface area (Å²) in [6, 6.07) is 9.30. The van der Waals surface area contributed by atoms with Crippen LogP contribution in [0.4, 0.5) is 5.82 Å². The summed E-state index contributed by atoms with van der Waals surface area (Å²) in [6.45, 7) is 1.96. The lowest BCUT2D eigenvalue weighted by molar-refractivity contribution is -0.117. The number of amides is 1. The Hall–Kier alpha value is -0.700. The van der Waals surface area contributed by atoms with E-state index >= 15 is 0 Å². The summed E-state index contributed by atoms with van der Waals surface area (Å²) in [5, 5.41) is 0.903. The van der Waals surface area contributed by atoms with Crippen molar-refractivity contribution in [3.8, 4) is 0 Å². The number of thioether (sulfide) groups is 1. The summed E-state index contributed by atoms with van der Waals surface area (Å²) >= 11 is 15.9. The minimum atomic E-state index is -0.575. The molecule has 4 nitrogen and oxygen atoms in total. The molecule has 3 N–H and O–H groups in total. The SMILES string of the molecule is CCc1c(Cl)c(NI)nc(SC(C(N)=O)c2ccccc2)c1Cl. The van der Waals surface area contributed by atoms with Crippen LogP contribution in [0.15, 0.2) is 35.4 Å². The van der Waals surface area contributed by atoms with Gasteiger partial charge < -0.3 is 9.26 Å². The van der Waals surface area contributed by atoms with Crippen LogP contribution in [-0.2, 0) is 11.2 Å². The van der Waals surface area contributed by atoms with Gasteiger partial charge in [-0.05, 0) is 17.5 Å². The van der Waals surface area contributed by atoms with Crippen molar-refractivity contribution in [2.45, 2.75) is 23.6 Å². The molecule has 0 bridgehead atoms. The zero-order valence-electron chi connectivity index (χ0n) is 12.1. The fourth-order valence-electron chi connectivity index (χ4n) is 2.05. The highest BCUT2D eigenvalue weighted by Crippen LogP contribution is 2.42. The number of nitrogens with zero attached hydrogens (tertiary/aromatic N) is 1. The van der Waals surface area contributed by atoms with Crippen molar-refractivity contribution in [1.29, 1.82) is 0 Å². The van der Waals surface area contributed by atoms with E-state index in [0.29, 0.717) is 27.3 Å². The zero-order chi connectivity index (χ0) is 17.0. The van der Waals surface area contributed by atoms with Gasteiger partial charge in [0.25, 0.3) is 0 Å². The number of hydrogen-bond donors (Lipinski definition) is 2. The number of primary amides is 1. The molecule has 0 saturated carbocycles. The topological polar surface area (TPSA) is 68.0 Å². The second kappa shape index (κ2) is 8.41. The number of anilines is 1. The number of carbonyl (C=O) groups is 1. The highest BCUT2D eigenvalue weighted by atomic mass is 127. The number of nitrogens with two attached hydrogens (primary N) is 1. The van der Waals surface area contributed by atoms with Crippen LogP contribution in [0.5, 0.6) is 0 Å². The van der Waals surface area contributed by atoms with Crippen molar-refractivity contribution in [3.05, 3.63) is 51.5 Å².